The number of halogens is 2. The van der Waals surface area contributed by atoms with E-state index in [9.17, 15) is 0 Å². The van der Waals surface area contributed by atoms with E-state index in [1.807, 2.05) is 12.3 Å². The van der Waals surface area contributed by atoms with Gasteiger partial charge in [-0.2, -0.15) is 0 Å². The Morgan fingerprint density at radius 3 is 2.83 bits per heavy atom. The molecule has 0 bridgehead atoms. The SMILES string of the molecule is CC(CCl)Cc1cncc(Cl)c1. The molecule has 0 aliphatic heterocycles. The van der Waals surface area contributed by atoms with E-state index in [1.165, 1.54) is 0 Å². The van der Waals surface area contributed by atoms with E-state index in [1.54, 1.807) is 6.20 Å². The lowest BCUT2D eigenvalue weighted by molar-refractivity contribution is 0.653. The minimum absolute atomic E-state index is 0.479. The number of aromatic nitrogens is 1. The Bertz CT molecular complexity index is 250. The van der Waals surface area contributed by atoms with Crippen molar-refractivity contribution in [1.82, 2.24) is 4.98 Å². The van der Waals surface area contributed by atoms with Crippen molar-refractivity contribution in [3.8, 4) is 0 Å². The molecule has 1 atom stereocenters. The van der Waals surface area contributed by atoms with Gasteiger partial charge in [0, 0.05) is 18.3 Å². The molecule has 1 aromatic rings. The molecule has 1 nitrogen and oxygen atoms in total. The molecule has 0 aliphatic carbocycles. The quantitative estimate of drug-likeness (QED) is 0.689. The molecule has 1 unspecified atom stereocenters. The highest BCUT2D eigenvalue weighted by molar-refractivity contribution is 6.30. The molecule has 0 saturated carbocycles. The van der Waals surface area contributed by atoms with Crippen molar-refractivity contribution in [2.75, 3.05) is 5.88 Å². The first-order chi connectivity index (χ1) is 5.72. The predicted octanol–water partition coefficient (Wildman–Crippen LogP) is 3.15. The molecule has 0 saturated heterocycles. The van der Waals surface area contributed by atoms with Crippen LogP contribution in [0, 0.1) is 5.92 Å². The molecule has 0 aliphatic rings. The molecular weight excluding hydrogens is 193 g/mol. The van der Waals surface area contributed by atoms with E-state index >= 15 is 0 Å². The van der Waals surface area contributed by atoms with Gasteiger partial charge < -0.3 is 0 Å². The van der Waals surface area contributed by atoms with Crippen LogP contribution in [-0.4, -0.2) is 10.9 Å². The van der Waals surface area contributed by atoms with Gasteiger partial charge in [0.05, 0.1) is 5.02 Å². The molecule has 66 valence electrons. The zero-order valence-corrected chi connectivity index (χ0v) is 8.44. The second-order valence-electron chi connectivity index (χ2n) is 2.98. The van der Waals surface area contributed by atoms with E-state index in [0.717, 1.165) is 12.0 Å². The Balaban J connectivity index is 2.63. The fourth-order valence-corrected chi connectivity index (χ4v) is 1.33. The molecular formula is C9H11Cl2N. The first-order valence-corrected chi connectivity index (χ1v) is 4.79. The van der Waals surface area contributed by atoms with Crippen LogP contribution < -0.4 is 0 Å². The smallest absolute Gasteiger partial charge is 0.0592 e. The van der Waals surface area contributed by atoms with E-state index < -0.39 is 0 Å². The van der Waals surface area contributed by atoms with Crippen molar-refractivity contribution in [2.24, 2.45) is 5.92 Å². The van der Waals surface area contributed by atoms with Crippen LogP contribution in [0.1, 0.15) is 12.5 Å². The first-order valence-electron chi connectivity index (χ1n) is 3.87. The zero-order valence-electron chi connectivity index (χ0n) is 6.93. The van der Waals surface area contributed by atoms with Crippen LogP contribution in [0.4, 0.5) is 0 Å². The Morgan fingerprint density at radius 2 is 2.25 bits per heavy atom. The molecule has 0 amide bonds. The molecule has 1 heterocycles. The summed E-state index contributed by atoms with van der Waals surface area (Å²) >= 11 is 11.5. The van der Waals surface area contributed by atoms with Crippen molar-refractivity contribution in [1.29, 1.82) is 0 Å². The molecule has 3 heteroatoms. The van der Waals surface area contributed by atoms with Gasteiger partial charge in [-0.15, -0.1) is 11.6 Å². The third-order valence-electron chi connectivity index (χ3n) is 1.61. The van der Waals surface area contributed by atoms with Crippen molar-refractivity contribution < 1.29 is 0 Å². The highest BCUT2D eigenvalue weighted by Crippen LogP contribution is 2.13. The van der Waals surface area contributed by atoms with Gasteiger partial charge in [0.15, 0.2) is 0 Å². The summed E-state index contributed by atoms with van der Waals surface area (Å²) in [5.74, 6) is 1.15. The fourth-order valence-electron chi connectivity index (χ4n) is 1.02. The summed E-state index contributed by atoms with van der Waals surface area (Å²) in [7, 11) is 0. The van der Waals surface area contributed by atoms with Crippen LogP contribution in [0.3, 0.4) is 0 Å². The largest absolute Gasteiger partial charge is 0.263 e. The van der Waals surface area contributed by atoms with E-state index in [0.29, 0.717) is 16.8 Å². The Hall–Kier alpha value is -0.270. The van der Waals surface area contributed by atoms with Crippen LogP contribution in [0.15, 0.2) is 18.5 Å². The number of nitrogens with zero attached hydrogens (tertiary/aromatic N) is 1. The first kappa shape index (κ1) is 9.82. The molecule has 0 radical (unpaired) electrons. The van der Waals surface area contributed by atoms with E-state index in [4.69, 9.17) is 23.2 Å². The second-order valence-corrected chi connectivity index (χ2v) is 3.72. The average Bonchev–Trinajstić information content (AvgIpc) is 2.04. The minimum atomic E-state index is 0.479. The summed E-state index contributed by atoms with van der Waals surface area (Å²) < 4.78 is 0. The van der Waals surface area contributed by atoms with Crippen molar-refractivity contribution in [2.45, 2.75) is 13.3 Å². The van der Waals surface area contributed by atoms with Gasteiger partial charge in [-0.05, 0) is 24.0 Å². The van der Waals surface area contributed by atoms with Gasteiger partial charge in [0.1, 0.15) is 0 Å². The topological polar surface area (TPSA) is 12.9 Å². The molecule has 1 aromatic heterocycles. The fraction of sp³-hybridized carbons (Fsp3) is 0.444. The Labute approximate surface area is 82.7 Å². The zero-order chi connectivity index (χ0) is 8.97. The van der Waals surface area contributed by atoms with Crippen molar-refractivity contribution >= 4 is 23.2 Å². The normalized spacial score (nSPS) is 12.9. The average molecular weight is 204 g/mol. The highest BCUT2D eigenvalue weighted by atomic mass is 35.5. The number of hydrogen-bond acceptors (Lipinski definition) is 1. The van der Waals surface area contributed by atoms with Gasteiger partial charge in [0.2, 0.25) is 0 Å². The maximum absolute atomic E-state index is 5.78. The molecule has 0 aromatic carbocycles. The third-order valence-corrected chi connectivity index (χ3v) is 2.34. The Kier molecular flexibility index (Phi) is 3.83. The molecule has 12 heavy (non-hydrogen) atoms. The molecule has 1 rings (SSSR count). The van der Waals surface area contributed by atoms with Crippen LogP contribution >= 0.6 is 23.2 Å². The van der Waals surface area contributed by atoms with Crippen LogP contribution in [0.25, 0.3) is 0 Å². The van der Waals surface area contributed by atoms with E-state index in [-0.39, 0.29) is 0 Å². The molecule has 0 fully saturated rings. The minimum Gasteiger partial charge on any atom is -0.263 e. The monoisotopic (exact) mass is 203 g/mol. The maximum atomic E-state index is 5.78. The number of rotatable bonds is 3. The third kappa shape index (κ3) is 3.00. The highest BCUT2D eigenvalue weighted by Gasteiger charge is 2.02. The predicted molar refractivity (Wildman–Crippen MR) is 52.8 cm³/mol. The van der Waals surface area contributed by atoms with E-state index in [2.05, 4.69) is 11.9 Å². The van der Waals surface area contributed by atoms with Gasteiger partial charge in [-0.3, -0.25) is 4.98 Å². The van der Waals surface area contributed by atoms with Crippen LogP contribution in [0.2, 0.25) is 5.02 Å². The number of hydrogen-bond donors (Lipinski definition) is 0. The summed E-state index contributed by atoms with van der Waals surface area (Å²) in [6, 6.07) is 1.93. The summed E-state index contributed by atoms with van der Waals surface area (Å²) in [6.45, 7) is 2.11. The lowest BCUT2D eigenvalue weighted by atomic mass is 10.1. The molecule has 0 N–H and O–H groups in total. The van der Waals surface area contributed by atoms with Gasteiger partial charge in [0.25, 0.3) is 0 Å². The second kappa shape index (κ2) is 4.68. The lowest BCUT2D eigenvalue weighted by Gasteiger charge is -2.06. The van der Waals surface area contributed by atoms with Gasteiger partial charge in [-0.1, -0.05) is 18.5 Å². The maximum Gasteiger partial charge on any atom is 0.0592 e. The van der Waals surface area contributed by atoms with Crippen molar-refractivity contribution in [3.63, 3.8) is 0 Å². The van der Waals surface area contributed by atoms with Gasteiger partial charge >= 0.3 is 0 Å². The van der Waals surface area contributed by atoms with Crippen LogP contribution in [-0.2, 0) is 6.42 Å². The Morgan fingerprint density at radius 1 is 1.50 bits per heavy atom. The van der Waals surface area contributed by atoms with Crippen LogP contribution in [0.5, 0.6) is 0 Å². The van der Waals surface area contributed by atoms with Gasteiger partial charge in [-0.25, -0.2) is 0 Å². The van der Waals surface area contributed by atoms with Crippen molar-refractivity contribution in [3.05, 3.63) is 29.0 Å². The number of pyridine rings is 1. The summed E-state index contributed by atoms with van der Waals surface area (Å²) in [5, 5.41) is 0.689. The lowest BCUT2D eigenvalue weighted by Crippen LogP contribution is -2.00. The molecule has 0 spiro atoms. The standard InChI is InChI=1S/C9H11Cl2N/c1-7(4-10)2-8-3-9(11)6-12-5-8/h3,5-7H,2,4H2,1H3. The summed E-state index contributed by atoms with van der Waals surface area (Å²) in [6.07, 6.45) is 4.41. The summed E-state index contributed by atoms with van der Waals surface area (Å²) in [4.78, 5) is 4.00. The summed E-state index contributed by atoms with van der Waals surface area (Å²) in [5.41, 5.74) is 1.15. The number of alkyl halides is 1.